The van der Waals surface area contributed by atoms with E-state index in [1.165, 1.54) is 0 Å². The van der Waals surface area contributed by atoms with Crippen molar-refractivity contribution in [3.63, 3.8) is 0 Å². The number of fused-ring (bicyclic) bond motifs is 1. The minimum absolute atomic E-state index is 0.275. The molecule has 2 aromatic carbocycles. The van der Waals surface area contributed by atoms with Crippen molar-refractivity contribution in [1.82, 2.24) is 20.3 Å². The Bertz CT molecular complexity index is 1190. The normalized spacial score (nSPS) is 11.1. The van der Waals surface area contributed by atoms with Crippen LogP contribution in [0.2, 0.25) is 0 Å². The first-order valence-electron chi connectivity index (χ1n) is 8.59. The van der Waals surface area contributed by atoms with Gasteiger partial charge in [0.1, 0.15) is 5.75 Å². The molecule has 0 aliphatic heterocycles. The number of nitrogens with one attached hydrogen (secondary N) is 2. The molecule has 2 heterocycles. The Balaban J connectivity index is 1.64. The van der Waals surface area contributed by atoms with E-state index >= 15 is 0 Å². The first kappa shape index (κ1) is 18.8. The van der Waals surface area contributed by atoms with Gasteiger partial charge < -0.3 is 10.1 Å². The van der Waals surface area contributed by atoms with Crippen LogP contribution in [0.15, 0.2) is 56.7 Å². The molecule has 0 fully saturated rings. The van der Waals surface area contributed by atoms with Gasteiger partial charge in [0.15, 0.2) is 11.6 Å². The van der Waals surface area contributed by atoms with Gasteiger partial charge in [-0.25, -0.2) is 9.61 Å². The summed E-state index contributed by atoms with van der Waals surface area (Å²) in [5, 5.41) is 15.0. The number of rotatable bonds is 6. The lowest BCUT2D eigenvalue weighted by Gasteiger charge is -2.10. The van der Waals surface area contributed by atoms with E-state index in [9.17, 15) is 0 Å². The summed E-state index contributed by atoms with van der Waals surface area (Å²) in [4.78, 5) is 8.81. The van der Waals surface area contributed by atoms with Crippen molar-refractivity contribution in [2.45, 2.75) is 6.92 Å². The molecule has 0 amide bonds. The molecular formula is C19H16BrN7O2. The average Bonchev–Trinajstić information content (AvgIpc) is 3.15. The molecule has 0 spiro atoms. The number of nitrogens with zero attached hydrogens (tertiary/aromatic N) is 5. The highest BCUT2D eigenvalue weighted by molar-refractivity contribution is 9.10. The van der Waals surface area contributed by atoms with E-state index in [2.05, 4.69) is 52.1 Å². The predicted octanol–water partition coefficient (Wildman–Crippen LogP) is 4.28. The van der Waals surface area contributed by atoms with Gasteiger partial charge in [0, 0.05) is 15.7 Å². The van der Waals surface area contributed by atoms with Crippen LogP contribution in [0.4, 0.5) is 17.3 Å². The van der Waals surface area contributed by atoms with Crippen molar-refractivity contribution in [1.29, 1.82) is 0 Å². The zero-order valence-electron chi connectivity index (χ0n) is 15.5. The molecule has 0 saturated heterocycles. The summed E-state index contributed by atoms with van der Waals surface area (Å²) in [6, 6.07) is 13.5. The highest BCUT2D eigenvalue weighted by Crippen LogP contribution is 2.25. The number of hydrogen-bond donors (Lipinski definition) is 2. The zero-order valence-corrected chi connectivity index (χ0v) is 17.1. The maximum absolute atomic E-state index is 5.35. The standard InChI is InChI=1S/C19H16BrN7O2/c1-11-4-3-5-14(8-11)22-16-17(24-19-18(23-16)26-29-27-19)25-21-10-12-9-13(20)6-7-15(12)28-2/h3-10H,1-2H3,(H,22,23,26)(H,24,25,27)/b21-10-. The quantitative estimate of drug-likeness (QED) is 0.328. The molecule has 0 aliphatic rings. The Morgan fingerprint density at radius 1 is 1.07 bits per heavy atom. The summed E-state index contributed by atoms with van der Waals surface area (Å²) >= 11 is 3.44. The first-order chi connectivity index (χ1) is 14.1. The van der Waals surface area contributed by atoms with Crippen LogP contribution < -0.4 is 15.5 Å². The second kappa shape index (κ2) is 8.23. The highest BCUT2D eigenvalue weighted by atomic mass is 79.9. The fraction of sp³-hybridized carbons (Fsp3) is 0.105. The lowest BCUT2D eigenvalue weighted by molar-refractivity contribution is 0.314. The lowest BCUT2D eigenvalue weighted by Crippen LogP contribution is -2.03. The molecule has 2 aromatic heterocycles. The molecule has 2 N–H and O–H groups in total. The summed E-state index contributed by atoms with van der Waals surface area (Å²) in [6.07, 6.45) is 1.63. The third-order valence-electron chi connectivity index (χ3n) is 3.96. The molecule has 4 rings (SSSR count). The topological polar surface area (TPSA) is 110 Å². The minimum atomic E-state index is 0.275. The van der Waals surface area contributed by atoms with E-state index in [1.807, 2.05) is 49.4 Å². The van der Waals surface area contributed by atoms with Crippen LogP contribution >= 0.6 is 15.9 Å². The van der Waals surface area contributed by atoms with E-state index in [0.717, 1.165) is 21.3 Å². The van der Waals surface area contributed by atoms with Gasteiger partial charge in [-0.05, 0) is 53.1 Å². The molecule has 0 radical (unpaired) electrons. The van der Waals surface area contributed by atoms with Gasteiger partial charge in [0.2, 0.25) is 11.3 Å². The Kier molecular flexibility index (Phi) is 5.34. The maximum atomic E-state index is 5.35. The fourth-order valence-corrected chi connectivity index (χ4v) is 3.01. The number of aromatic nitrogens is 4. The molecular weight excluding hydrogens is 438 g/mol. The number of aryl methyl sites for hydroxylation is 1. The van der Waals surface area contributed by atoms with Crippen LogP contribution in [0, 0.1) is 6.92 Å². The van der Waals surface area contributed by atoms with Crippen molar-refractivity contribution in [3.05, 3.63) is 58.1 Å². The van der Waals surface area contributed by atoms with Crippen LogP contribution in [0.5, 0.6) is 5.75 Å². The molecule has 0 bridgehead atoms. The smallest absolute Gasteiger partial charge is 0.245 e. The molecule has 146 valence electrons. The first-order valence-corrected chi connectivity index (χ1v) is 9.38. The fourth-order valence-electron chi connectivity index (χ4n) is 2.63. The van der Waals surface area contributed by atoms with E-state index in [-0.39, 0.29) is 5.65 Å². The van der Waals surface area contributed by atoms with E-state index in [0.29, 0.717) is 23.0 Å². The molecule has 0 unspecified atom stereocenters. The number of ether oxygens (including phenoxy) is 1. The van der Waals surface area contributed by atoms with Gasteiger partial charge in [0.05, 0.1) is 13.3 Å². The van der Waals surface area contributed by atoms with Gasteiger partial charge in [-0.2, -0.15) is 10.1 Å². The SMILES string of the molecule is COc1ccc(Br)cc1/C=N\Nc1nc2nonc2nc1Nc1cccc(C)c1. The summed E-state index contributed by atoms with van der Waals surface area (Å²) < 4.78 is 11.0. The largest absolute Gasteiger partial charge is 0.496 e. The lowest BCUT2D eigenvalue weighted by atomic mass is 10.2. The number of benzene rings is 2. The molecule has 4 aromatic rings. The number of halogens is 1. The zero-order chi connectivity index (χ0) is 20.2. The van der Waals surface area contributed by atoms with Gasteiger partial charge in [-0.15, -0.1) is 0 Å². The van der Waals surface area contributed by atoms with Gasteiger partial charge in [-0.1, -0.05) is 28.1 Å². The number of hydrogen-bond acceptors (Lipinski definition) is 9. The Morgan fingerprint density at radius 3 is 2.62 bits per heavy atom. The van der Waals surface area contributed by atoms with Crippen LogP contribution in [0.25, 0.3) is 11.3 Å². The number of hydrazone groups is 1. The Hall–Kier alpha value is -3.53. The van der Waals surface area contributed by atoms with E-state index < -0.39 is 0 Å². The van der Waals surface area contributed by atoms with Gasteiger partial charge >= 0.3 is 0 Å². The summed E-state index contributed by atoms with van der Waals surface area (Å²) in [7, 11) is 1.61. The van der Waals surface area contributed by atoms with Crippen molar-refractivity contribution in [3.8, 4) is 5.75 Å². The van der Waals surface area contributed by atoms with Crippen molar-refractivity contribution in [2.75, 3.05) is 17.9 Å². The van der Waals surface area contributed by atoms with Crippen molar-refractivity contribution >= 4 is 50.8 Å². The molecule has 0 aliphatic carbocycles. The summed E-state index contributed by atoms with van der Waals surface area (Å²) in [5.41, 5.74) is 6.23. The molecule has 10 heteroatoms. The predicted molar refractivity (Wildman–Crippen MR) is 114 cm³/mol. The second-order valence-corrected chi connectivity index (χ2v) is 7.00. The monoisotopic (exact) mass is 453 g/mol. The number of anilines is 3. The minimum Gasteiger partial charge on any atom is -0.496 e. The molecule has 0 saturated carbocycles. The van der Waals surface area contributed by atoms with Crippen molar-refractivity contribution in [2.24, 2.45) is 5.10 Å². The second-order valence-electron chi connectivity index (χ2n) is 6.08. The highest BCUT2D eigenvalue weighted by Gasteiger charge is 2.13. The Morgan fingerprint density at radius 2 is 1.86 bits per heavy atom. The third-order valence-corrected chi connectivity index (χ3v) is 4.45. The Labute approximate surface area is 174 Å². The number of methoxy groups -OCH3 is 1. The maximum Gasteiger partial charge on any atom is 0.245 e. The summed E-state index contributed by atoms with van der Waals surface area (Å²) in [6.45, 7) is 2.01. The molecule has 9 nitrogen and oxygen atoms in total. The van der Waals surface area contributed by atoms with Crippen LogP contribution in [-0.2, 0) is 0 Å². The van der Waals surface area contributed by atoms with Crippen LogP contribution in [-0.4, -0.2) is 33.6 Å². The van der Waals surface area contributed by atoms with E-state index in [4.69, 9.17) is 9.37 Å². The summed E-state index contributed by atoms with van der Waals surface area (Å²) in [5.74, 6) is 1.51. The molecule has 29 heavy (non-hydrogen) atoms. The average molecular weight is 454 g/mol. The van der Waals surface area contributed by atoms with Gasteiger partial charge in [0.25, 0.3) is 0 Å². The third kappa shape index (κ3) is 4.32. The molecule has 0 atom stereocenters. The van der Waals surface area contributed by atoms with E-state index in [1.54, 1.807) is 13.3 Å². The van der Waals surface area contributed by atoms with Crippen molar-refractivity contribution < 1.29 is 9.37 Å². The van der Waals surface area contributed by atoms with Crippen LogP contribution in [0.3, 0.4) is 0 Å². The van der Waals surface area contributed by atoms with Crippen LogP contribution in [0.1, 0.15) is 11.1 Å². The van der Waals surface area contributed by atoms with Gasteiger partial charge in [-0.3, -0.25) is 5.43 Å².